The highest BCUT2D eigenvalue weighted by molar-refractivity contribution is 5.94. The van der Waals surface area contributed by atoms with E-state index in [1.54, 1.807) is 12.1 Å². The minimum absolute atomic E-state index is 0.0358. The summed E-state index contributed by atoms with van der Waals surface area (Å²) in [4.78, 5) is 21.8. The number of nitrogens with zero attached hydrogens (tertiary/aromatic N) is 2. The number of aromatic amines is 1. The van der Waals surface area contributed by atoms with Crippen molar-refractivity contribution in [2.45, 2.75) is 6.61 Å². The summed E-state index contributed by atoms with van der Waals surface area (Å²) in [7, 11) is 0. The molecule has 25 heavy (non-hydrogen) atoms. The van der Waals surface area contributed by atoms with Gasteiger partial charge in [0, 0.05) is 30.2 Å². The van der Waals surface area contributed by atoms with Crippen molar-refractivity contribution in [1.82, 2.24) is 14.9 Å². The molecule has 1 aliphatic heterocycles. The molecule has 128 valence electrons. The molecule has 1 N–H and O–H groups in total. The fourth-order valence-corrected chi connectivity index (χ4v) is 2.85. The number of pyridine rings is 1. The van der Waals surface area contributed by atoms with Gasteiger partial charge in [0.1, 0.15) is 18.0 Å². The van der Waals surface area contributed by atoms with E-state index in [1.807, 2.05) is 41.4 Å². The van der Waals surface area contributed by atoms with Gasteiger partial charge in [-0.25, -0.2) is 4.98 Å². The number of hydrogen-bond donors (Lipinski definition) is 1. The molecule has 0 spiro atoms. The summed E-state index contributed by atoms with van der Waals surface area (Å²) in [5.41, 5.74) is 2.37. The molecule has 0 saturated carbocycles. The van der Waals surface area contributed by atoms with Crippen molar-refractivity contribution in [3.8, 4) is 5.75 Å². The van der Waals surface area contributed by atoms with Crippen molar-refractivity contribution in [2.75, 3.05) is 26.3 Å². The summed E-state index contributed by atoms with van der Waals surface area (Å²) in [5.74, 6) is 0.751. The monoisotopic (exact) mass is 337 g/mol. The van der Waals surface area contributed by atoms with Crippen molar-refractivity contribution in [3.05, 3.63) is 59.9 Å². The van der Waals surface area contributed by atoms with Gasteiger partial charge in [-0.05, 0) is 42.5 Å². The lowest BCUT2D eigenvalue weighted by Gasteiger charge is -2.26. The molecule has 6 heteroatoms. The largest absolute Gasteiger partial charge is 0.487 e. The number of nitrogens with one attached hydrogen (secondary N) is 1. The van der Waals surface area contributed by atoms with Gasteiger partial charge in [0.25, 0.3) is 5.91 Å². The number of amides is 1. The molecule has 3 heterocycles. The average Bonchev–Trinajstić information content (AvgIpc) is 3.15. The van der Waals surface area contributed by atoms with Crippen LogP contribution in [0.2, 0.25) is 0 Å². The van der Waals surface area contributed by atoms with E-state index in [-0.39, 0.29) is 5.91 Å². The van der Waals surface area contributed by atoms with Gasteiger partial charge in [-0.3, -0.25) is 4.79 Å². The summed E-state index contributed by atoms with van der Waals surface area (Å²) in [6.07, 6.45) is 1.87. The highest BCUT2D eigenvalue weighted by atomic mass is 16.5. The molecule has 6 nitrogen and oxygen atoms in total. The maximum atomic E-state index is 12.4. The van der Waals surface area contributed by atoms with Crippen LogP contribution in [0, 0.1) is 0 Å². The second-order valence-electron chi connectivity index (χ2n) is 5.94. The fourth-order valence-electron chi connectivity index (χ4n) is 2.85. The Labute approximate surface area is 145 Å². The van der Waals surface area contributed by atoms with Crippen LogP contribution in [0.5, 0.6) is 5.75 Å². The first-order valence-electron chi connectivity index (χ1n) is 8.32. The Kier molecular flexibility index (Phi) is 4.35. The molecule has 1 amide bonds. The molecule has 1 fully saturated rings. The number of H-pyrrole nitrogens is 1. The van der Waals surface area contributed by atoms with Gasteiger partial charge in [0.05, 0.1) is 18.9 Å². The first-order chi connectivity index (χ1) is 12.3. The summed E-state index contributed by atoms with van der Waals surface area (Å²) in [5, 5.41) is 1.08. The van der Waals surface area contributed by atoms with E-state index in [0.29, 0.717) is 44.2 Å². The van der Waals surface area contributed by atoms with Crippen molar-refractivity contribution >= 4 is 16.9 Å². The van der Waals surface area contributed by atoms with Crippen molar-refractivity contribution < 1.29 is 14.3 Å². The number of benzene rings is 1. The molecule has 0 bridgehead atoms. The van der Waals surface area contributed by atoms with Gasteiger partial charge in [0.15, 0.2) is 0 Å². The van der Waals surface area contributed by atoms with Crippen LogP contribution in [-0.2, 0) is 11.3 Å². The first kappa shape index (κ1) is 15.7. The summed E-state index contributed by atoms with van der Waals surface area (Å²) in [6.45, 7) is 2.87. The van der Waals surface area contributed by atoms with Crippen LogP contribution in [0.15, 0.2) is 48.7 Å². The normalized spacial score (nSPS) is 14.6. The van der Waals surface area contributed by atoms with E-state index in [0.717, 1.165) is 16.7 Å². The van der Waals surface area contributed by atoms with Crippen LogP contribution < -0.4 is 4.74 Å². The van der Waals surface area contributed by atoms with Gasteiger partial charge in [-0.1, -0.05) is 0 Å². The Bertz CT molecular complexity index is 867. The van der Waals surface area contributed by atoms with Crippen molar-refractivity contribution in [1.29, 1.82) is 0 Å². The summed E-state index contributed by atoms with van der Waals surface area (Å²) < 4.78 is 11.1. The highest BCUT2D eigenvalue weighted by Gasteiger charge is 2.18. The number of morpholine rings is 1. The third-order valence-corrected chi connectivity index (χ3v) is 4.25. The number of ether oxygens (including phenoxy) is 2. The van der Waals surface area contributed by atoms with Crippen molar-refractivity contribution in [2.24, 2.45) is 0 Å². The molecule has 1 aliphatic rings. The molecule has 0 aliphatic carbocycles. The maximum absolute atomic E-state index is 12.4. The second-order valence-corrected chi connectivity index (χ2v) is 5.94. The lowest BCUT2D eigenvalue weighted by molar-refractivity contribution is 0.0303. The third-order valence-electron chi connectivity index (χ3n) is 4.25. The number of fused-ring (bicyclic) bond motifs is 1. The molecule has 0 atom stereocenters. The smallest absolute Gasteiger partial charge is 0.254 e. The van der Waals surface area contributed by atoms with Gasteiger partial charge in [-0.15, -0.1) is 0 Å². The second kappa shape index (κ2) is 6.94. The topological polar surface area (TPSA) is 67.5 Å². The molecule has 0 unspecified atom stereocenters. The van der Waals surface area contributed by atoms with Gasteiger partial charge in [-0.2, -0.15) is 0 Å². The molecular formula is C19H19N3O3. The lowest BCUT2D eigenvalue weighted by Crippen LogP contribution is -2.40. The summed E-state index contributed by atoms with van der Waals surface area (Å²) in [6, 6.07) is 13.2. The quantitative estimate of drug-likeness (QED) is 0.795. The van der Waals surface area contributed by atoms with E-state index < -0.39 is 0 Å². The van der Waals surface area contributed by atoms with Crippen molar-refractivity contribution in [3.63, 3.8) is 0 Å². The Morgan fingerprint density at radius 2 is 1.92 bits per heavy atom. The van der Waals surface area contributed by atoms with Gasteiger partial charge in [0.2, 0.25) is 0 Å². The molecule has 1 saturated heterocycles. The standard InChI is InChI=1S/C19H19N3O3/c23-19(22-9-11-24-12-10-22)15-2-5-17(6-3-15)25-13-16-4-1-14-7-8-20-18(14)21-16/h1-8H,9-13H2,(H,20,21). The Balaban J connectivity index is 1.39. The average molecular weight is 337 g/mol. The minimum Gasteiger partial charge on any atom is -0.487 e. The van der Waals surface area contributed by atoms with E-state index in [2.05, 4.69) is 9.97 Å². The molecule has 1 aromatic carbocycles. The zero-order valence-corrected chi connectivity index (χ0v) is 13.8. The van der Waals surface area contributed by atoms with E-state index in [1.165, 1.54) is 0 Å². The Morgan fingerprint density at radius 1 is 1.12 bits per heavy atom. The number of carbonyl (C=O) groups excluding carboxylic acids is 1. The Morgan fingerprint density at radius 3 is 2.72 bits per heavy atom. The zero-order valence-electron chi connectivity index (χ0n) is 13.8. The Hall–Kier alpha value is -2.86. The molecule has 3 aromatic rings. The highest BCUT2D eigenvalue weighted by Crippen LogP contribution is 2.17. The fraction of sp³-hybridized carbons (Fsp3) is 0.263. The van der Waals surface area contributed by atoms with Crippen LogP contribution in [-0.4, -0.2) is 47.1 Å². The van der Waals surface area contributed by atoms with Crippen LogP contribution in [0.25, 0.3) is 11.0 Å². The lowest BCUT2D eigenvalue weighted by atomic mass is 10.2. The SMILES string of the molecule is O=C(c1ccc(OCc2ccc3cc[nH]c3n2)cc1)N1CCOCC1. The van der Waals surface area contributed by atoms with E-state index in [9.17, 15) is 4.79 Å². The van der Waals surface area contributed by atoms with Crippen LogP contribution in [0.3, 0.4) is 0 Å². The first-order valence-corrected chi connectivity index (χ1v) is 8.32. The van der Waals surface area contributed by atoms with Crippen LogP contribution >= 0.6 is 0 Å². The zero-order chi connectivity index (χ0) is 17.1. The number of aromatic nitrogens is 2. The number of rotatable bonds is 4. The van der Waals surface area contributed by atoms with Crippen LogP contribution in [0.4, 0.5) is 0 Å². The van der Waals surface area contributed by atoms with Gasteiger partial charge < -0.3 is 19.4 Å². The minimum atomic E-state index is 0.0358. The number of carbonyl (C=O) groups is 1. The maximum Gasteiger partial charge on any atom is 0.254 e. The van der Waals surface area contributed by atoms with E-state index >= 15 is 0 Å². The predicted molar refractivity (Wildman–Crippen MR) is 93.6 cm³/mol. The molecule has 2 aromatic heterocycles. The van der Waals surface area contributed by atoms with Crippen LogP contribution in [0.1, 0.15) is 16.1 Å². The molecule has 0 radical (unpaired) electrons. The molecular weight excluding hydrogens is 318 g/mol. The van der Waals surface area contributed by atoms with Gasteiger partial charge >= 0.3 is 0 Å². The predicted octanol–water partition coefficient (Wildman–Crippen LogP) is 2.61. The molecule has 4 rings (SSSR count). The third kappa shape index (κ3) is 3.49. The van der Waals surface area contributed by atoms with E-state index in [4.69, 9.17) is 9.47 Å². The number of hydrogen-bond acceptors (Lipinski definition) is 4. The summed E-state index contributed by atoms with van der Waals surface area (Å²) >= 11 is 0.